The predicted octanol–water partition coefficient (Wildman–Crippen LogP) is 0.691. The third-order valence-corrected chi connectivity index (χ3v) is 5.12. The zero-order valence-electron chi connectivity index (χ0n) is 16.6. The number of anilines is 1. The van der Waals surface area contributed by atoms with Crippen molar-refractivity contribution in [2.45, 2.75) is 46.2 Å². The first kappa shape index (κ1) is 19.2. The Morgan fingerprint density at radius 1 is 1.26 bits per heavy atom. The highest BCUT2D eigenvalue weighted by Crippen LogP contribution is 2.23. The highest BCUT2D eigenvalue weighted by atomic mass is 16.2. The van der Waals surface area contributed by atoms with Crippen molar-refractivity contribution in [3.8, 4) is 11.8 Å². The molecule has 1 atom stereocenters. The Balaban J connectivity index is 2.34. The van der Waals surface area contributed by atoms with Crippen molar-refractivity contribution in [2.75, 3.05) is 31.1 Å². The van der Waals surface area contributed by atoms with E-state index in [1.165, 1.54) is 11.6 Å². The molecule has 1 aliphatic rings. The van der Waals surface area contributed by atoms with E-state index in [2.05, 4.69) is 29.0 Å². The van der Waals surface area contributed by atoms with Crippen LogP contribution >= 0.6 is 0 Å². The maximum atomic E-state index is 13.0. The molecule has 146 valence electrons. The molecule has 8 nitrogen and oxygen atoms in total. The van der Waals surface area contributed by atoms with Crippen molar-refractivity contribution in [3.05, 3.63) is 20.8 Å². The zero-order chi connectivity index (χ0) is 19.6. The molecule has 1 N–H and O–H groups in total. The number of piperazine rings is 1. The van der Waals surface area contributed by atoms with E-state index in [0.29, 0.717) is 17.7 Å². The molecule has 0 saturated carbocycles. The number of rotatable bonds is 5. The van der Waals surface area contributed by atoms with Crippen LogP contribution in [0.3, 0.4) is 0 Å². The van der Waals surface area contributed by atoms with Gasteiger partial charge in [-0.2, -0.15) is 4.98 Å². The van der Waals surface area contributed by atoms with E-state index in [9.17, 15) is 9.59 Å². The minimum atomic E-state index is -0.318. The Morgan fingerprint density at radius 3 is 2.59 bits per heavy atom. The van der Waals surface area contributed by atoms with Gasteiger partial charge in [-0.25, -0.2) is 4.79 Å². The molecule has 3 heterocycles. The monoisotopic (exact) mass is 372 g/mol. The summed E-state index contributed by atoms with van der Waals surface area (Å²) in [6.07, 6.45) is 1.79. The van der Waals surface area contributed by atoms with Gasteiger partial charge in [0.1, 0.15) is 0 Å². The molecule has 3 rings (SSSR count). The molecule has 1 fully saturated rings. The summed E-state index contributed by atoms with van der Waals surface area (Å²) in [7, 11) is 1.53. The van der Waals surface area contributed by atoms with Crippen LogP contribution in [0.4, 0.5) is 5.95 Å². The predicted molar refractivity (Wildman–Crippen MR) is 107 cm³/mol. The minimum Gasteiger partial charge on any atom is -0.340 e. The van der Waals surface area contributed by atoms with Gasteiger partial charge in [-0.3, -0.25) is 18.5 Å². The molecule has 0 aromatic carbocycles. The summed E-state index contributed by atoms with van der Waals surface area (Å²) >= 11 is 0. The van der Waals surface area contributed by atoms with Gasteiger partial charge < -0.3 is 10.2 Å². The van der Waals surface area contributed by atoms with Crippen LogP contribution in [0.25, 0.3) is 11.2 Å². The highest BCUT2D eigenvalue weighted by Gasteiger charge is 2.25. The van der Waals surface area contributed by atoms with Crippen LogP contribution in [-0.4, -0.2) is 44.9 Å². The van der Waals surface area contributed by atoms with Crippen LogP contribution < -0.4 is 21.5 Å². The van der Waals surface area contributed by atoms with Gasteiger partial charge in [0.15, 0.2) is 11.2 Å². The third-order valence-electron chi connectivity index (χ3n) is 5.12. The number of fused-ring (bicyclic) bond motifs is 1. The maximum Gasteiger partial charge on any atom is 0.332 e. The molecule has 0 spiro atoms. The second kappa shape index (κ2) is 8.01. The minimum absolute atomic E-state index is 0.0340. The van der Waals surface area contributed by atoms with Crippen molar-refractivity contribution in [1.29, 1.82) is 0 Å². The fourth-order valence-electron chi connectivity index (χ4n) is 3.66. The summed E-state index contributed by atoms with van der Waals surface area (Å²) in [6.45, 7) is 9.57. The summed E-state index contributed by atoms with van der Waals surface area (Å²) in [5.41, 5.74) is 0.292. The molecule has 0 radical (unpaired) electrons. The topological polar surface area (TPSA) is 77.1 Å². The SMILES string of the molecule is CC#CCn1c(N2CCNCC2)nc2c1c(=O)n(C)c(=O)n2C(C)CCC. The van der Waals surface area contributed by atoms with Crippen molar-refractivity contribution in [2.24, 2.45) is 7.05 Å². The van der Waals surface area contributed by atoms with Gasteiger partial charge in [-0.1, -0.05) is 19.3 Å². The van der Waals surface area contributed by atoms with E-state index in [4.69, 9.17) is 4.98 Å². The number of hydrogen-bond donors (Lipinski definition) is 1. The molecular formula is C19H28N6O2. The lowest BCUT2D eigenvalue weighted by Gasteiger charge is -2.28. The van der Waals surface area contributed by atoms with Gasteiger partial charge in [0.25, 0.3) is 5.56 Å². The molecule has 0 aliphatic carbocycles. The lowest BCUT2D eigenvalue weighted by Crippen LogP contribution is -2.44. The summed E-state index contributed by atoms with van der Waals surface area (Å²) in [5, 5.41) is 3.33. The second-order valence-corrected chi connectivity index (χ2v) is 6.99. The van der Waals surface area contributed by atoms with Crippen LogP contribution in [0.1, 0.15) is 39.7 Å². The summed E-state index contributed by atoms with van der Waals surface area (Å²) in [6, 6.07) is -0.0340. The van der Waals surface area contributed by atoms with Crippen LogP contribution in [0.5, 0.6) is 0 Å². The number of nitrogens with zero attached hydrogens (tertiary/aromatic N) is 5. The van der Waals surface area contributed by atoms with Gasteiger partial charge >= 0.3 is 5.69 Å². The maximum absolute atomic E-state index is 13.0. The van der Waals surface area contributed by atoms with E-state index in [1.54, 1.807) is 11.5 Å². The molecule has 0 bridgehead atoms. The zero-order valence-corrected chi connectivity index (χ0v) is 16.6. The molecule has 0 amide bonds. The molecule has 1 unspecified atom stereocenters. The Labute approximate surface area is 158 Å². The van der Waals surface area contributed by atoms with E-state index in [-0.39, 0.29) is 17.3 Å². The van der Waals surface area contributed by atoms with Gasteiger partial charge in [0, 0.05) is 39.3 Å². The van der Waals surface area contributed by atoms with Crippen LogP contribution in [0.2, 0.25) is 0 Å². The van der Waals surface area contributed by atoms with E-state index >= 15 is 0 Å². The van der Waals surface area contributed by atoms with Crippen molar-refractivity contribution >= 4 is 17.1 Å². The van der Waals surface area contributed by atoms with Crippen molar-refractivity contribution < 1.29 is 0 Å². The standard InChI is InChI=1S/C19H28N6O2/c1-5-7-11-24-15-16(21-18(24)23-12-9-20-10-13-23)25(14(3)8-6-2)19(27)22(4)17(15)26/h14,20H,6,8-13H2,1-4H3. The van der Waals surface area contributed by atoms with E-state index in [0.717, 1.165) is 45.0 Å². The van der Waals surface area contributed by atoms with Crippen molar-refractivity contribution in [3.63, 3.8) is 0 Å². The van der Waals surface area contributed by atoms with E-state index in [1.807, 2.05) is 11.5 Å². The normalized spacial score (nSPS) is 15.6. The molecule has 1 saturated heterocycles. The first-order valence-electron chi connectivity index (χ1n) is 9.58. The lowest BCUT2D eigenvalue weighted by atomic mass is 10.2. The fraction of sp³-hybridized carbons (Fsp3) is 0.632. The molecule has 8 heteroatoms. The average molecular weight is 372 g/mol. The largest absolute Gasteiger partial charge is 0.340 e. The van der Waals surface area contributed by atoms with Crippen LogP contribution in [-0.2, 0) is 13.6 Å². The third kappa shape index (κ3) is 3.39. The van der Waals surface area contributed by atoms with Crippen molar-refractivity contribution in [1.82, 2.24) is 24.0 Å². The van der Waals surface area contributed by atoms with Gasteiger partial charge in [-0.05, 0) is 20.3 Å². The molecule has 27 heavy (non-hydrogen) atoms. The number of aromatic nitrogens is 4. The highest BCUT2D eigenvalue weighted by molar-refractivity contribution is 5.75. The van der Waals surface area contributed by atoms with Gasteiger partial charge in [-0.15, -0.1) is 5.92 Å². The van der Waals surface area contributed by atoms with Crippen LogP contribution in [0.15, 0.2) is 9.59 Å². The first-order valence-corrected chi connectivity index (χ1v) is 9.58. The summed E-state index contributed by atoms with van der Waals surface area (Å²) in [5.74, 6) is 6.67. The summed E-state index contributed by atoms with van der Waals surface area (Å²) in [4.78, 5) is 32.8. The second-order valence-electron chi connectivity index (χ2n) is 6.99. The Hall–Kier alpha value is -2.53. The smallest absolute Gasteiger partial charge is 0.332 e. The number of imidazole rings is 1. The van der Waals surface area contributed by atoms with Gasteiger partial charge in [0.2, 0.25) is 5.95 Å². The Morgan fingerprint density at radius 2 is 1.96 bits per heavy atom. The van der Waals surface area contributed by atoms with Gasteiger partial charge in [0.05, 0.1) is 6.54 Å². The first-order chi connectivity index (χ1) is 13.0. The fourth-order valence-corrected chi connectivity index (χ4v) is 3.66. The summed E-state index contributed by atoms with van der Waals surface area (Å²) < 4.78 is 4.73. The number of nitrogens with one attached hydrogen (secondary N) is 1. The van der Waals surface area contributed by atoms with Crippen LogP contribution in [0, 0.1) is 11.8 Å². The molecule has 2 aromatic rings. The Kier molecular flexibility index (Phi) is 5.71. The average Bonchev–Trinajstić information content (AvgIpc) is 3.04. The Bertz CT molecular complexity index is 998. The lowest BCUT2D eigenvalue weighted by molar-refractivity contribution is 0.475. The van der Waals surface area contributed by atoms with E-state index < -0.39 is 0 Å². The molecular weight excluding hydrogens is 344 g/mol. The number of hydrogen-bond acceptors (Lipinski definition) is 5. The quantitative estimate of drug-likeness (QED) is 0.782. The molecule has 2 aromatic heterocycles. The molecule has 1 aliphatic heterocycles.